The minimum atomic E-state index is -3.62. The number of nitrogens with two attached hydrogens (primary N) is 1. The van der Waals surface area contributed by atoms with Crippen LogP contribution in [0.15, 0.2) is 53.4 Å². The normalized spacial score (nSPS) is 11.0. The Balaban J connectivity index is 2.15. The Morgan fingerprint density at radius 3 is 2.33 bits per heavy atom. The van der Waals surface area contributed by atoms with Crippen molar-refractivity contribution in [2.75, 3.05) is 12.4 Å². The number of sulfonamides is 1. The lowest BCUT2D eigenvalue weighted by molar-refractivity contribution is -0.117. The van der Waals surface area contributed by atoms with Crippen LogP contribution in [0.3, 0.4) is 0 Å². The molecule has 2 rings (SSSR count). The number of rotatable bonds is 6. The highest BCUT2D eigenvalue weighted by molar-refractivity contribution is 7.89. The van der Waals surface area contributed by atoms with Crippen LogP contribution in [0.1, 0.15) is 15.9 Å². The van der Waals surface area contributed by atoms with Crippen LogP contribution in [0.4, 0.5) is 5.69 Å². The second-order valence-corrected chi connectivity index (χ2v) is 6.92. The third-order valence-electron chi connectivity index (χ3n) is 3.27. The average Bonchev–Trinajstić information content (AvgIpc) is 2.56. The molecule has 7 nitrogen and oxygen atoms in total. The van der Waals surface area contributed by atoms with Gasteiger partial charge in [0.25, 0.3) is 5.91 Å². The van der Waals surface area contributed by atoms with Gasteiger partial charge in [-0.05, 0) is 42.9 Å². The quantitative estimate of drug-likeness (QED) is 0.718. The Labute approximate surface area is 139 Å². The van der Waals surface area contributed by atoms with E-state index in [2.05, 4.69) is 10.0 Å². The minimum Gasteiger partial charge on any atom is -0.369 e. The number of amides is 2. The largest absolute Gasteiger partial charge is 0.369 e. The fourth-order valence-electron chi connectivity index (χ4n) is 2.03. The molecule has 0 saturated carbocycles. The van der Waals surface area contributed by atoms with Gasteiger partial charge in [-0.3, -0.25) is 9.59 Å². The van der Waals surface area contributed by atoms with Gasteiger partial charge in [-0.2, -0.15) is 0 Å². The summed E-state index contributed by atoms with van der Waals surface area (Å²) in [4.78, 5) is 23.1. The Bertz CT molecular complexity index is 861. The molecular weight excluding hydrogens is 330 g/mol. The standard InChI is InChI=1S/C16H17N3O4S/c1-18-24(22,23)14-4-2-3-12(10-14)16(21)19-13-7-5-11(6-8-13)9-15(17)20/h2-8,10,18H,9H2,1H3,(H2,17,20)(H,19,21). The zero-order chi connectivity index (χ0) is 17.7. The molecule has 2 aromatic rings. The average molecular weight is 347 g/mol. The van der Waals surface area contributed by atoms with Crippen LogP contribution in [0.2, 0.25) is 0 Å². The predicted molar refractivity (Wildman–Crippen MR) is 90.0 cm³/mol. The van der Waals surface area contributed by atoms with E-state index in [9.17, 15) is 18.0 Å². The number of primary amides is 1. The maximum absolute atomic E-state index is 12.2. The smallest absolute Gasteiger partial charge is 0.255 e. The molecule has 0 spiro atoms. The summed E-state index contributed by atoms with van der Waals surface area (Å²) < 4.78 is 25.8. The molecule has 0 aliphatic rings. The Morgan fingerprint density at radius 1 is 1.08 bits per heavy atom. The van der Waals surface area contributed by atoms with Crippen molar-refractivity contribution in [3.63, 3.8) is 0 Å². The lowest BCUT2D eigenvalue weighted by Crippen LogP contribution is -2.19. The summed E-state index contributed by atoms with van der Waals surface area (Å²) in [5.74, 6) is -0.875. The molecule has 0 unspecified atom stereocenters. The molecule has 0 radical (unpaired) electrons. The van der Waals surface area contributed by atoms with Crippen LogP contribution in [-0.4, -0.2) is 27.3 Å². The number of nitrogens with one attached hydrogen (secondary N) is 2. The maximum Gasteiger partial charge on any atom is 0.255 e. The van der Waals surface area contributed by atoms with Crippen molar-refractivity contribution in [3.05, 3.63) is 59.7 Å². The molecule has 0 saturated heterocycles. The van der Waals surface area contributed by atoms with Gasteiger partial charge in [-0.1, -0.05) is 18.2 Å². The first kappa shape index (κ1) is 17.6. The van der Waals surface area contributed by atoms with E-state index >= 15 is 0 Å². The number of anilines is 1. The van der Waals surface area contributed by atoms with Crippen molar-refractivity contribution in [1.82, 2.24) is 4.72 Å². The van der Waals surface area contributed by atoms with Gasteiger partial charge in [-0.15, -0.1) is 0 Å². The monoisotopic (exact) mass is 347 g/mol. The predicted octanol–water partition coefficient (Wildman–Crippen LogP) is 0.875. The van der Waals surface area contributed by atoms with Crippen LogP contribution in [0, 0.1) is 0 Å². The van der Waals surface area contributed by atoms with Gasteiger partial charge in [-0.25, -0.2) is 13.1 Å². The highest BCUT2D eigenvalue weighted by Crippen LogP contribution is 2.15. The van der Waals surface area contributed by atoms with E-state index in [1.165, 1.54) is 31.3 Å². The Morgan fingerprint density at radius 2 is 1.75 bits per heavy atom. The van der Waals surface area contributed by atoms with Gasteiger partial charge in [0, 0.05) is 11.3 Å². The zero-order valence-electron chi connectivity index (χ0n) is 12.9. The minimum absolute atomic E-state index is 0.00876. The molecule has 4 N–H and O–H groups in total. The van der Waals surface area contributed by atoms with Crippen molar-refractivity contribution in [2.45, 2.75) is 11.3 Å². The van der Waals surface area contributed by atoms with Crippen LogP contribution >= 0.6 is 0 Å². The molecular formula is C16H17N3O4S. The third kappa shape index (κ3) is 4.40. The summed E-state index contributed by atoms with van der Waals surface area (Å²) in [7, 11) is -2.32. The molecule has 24 heavy (non-hydrogen) atoms. The highest BCUT2D eigenvalue weighted by atomic mass is 32.2. The van der Waals surface area contributed by atoms with Crippen LogP contribution in [0.25, 0.3) is 0 Å². The molecule has 0 aromatic heterocycles. The Kier molecular flexibility index (Phi) is 5.32. The molecule has 0 aliphatic carbocycles. The molecule has 0 fully saturated rings. The first-order valence-electron chi connectivity index (χ1n) is 7.04. The molecule has 2 amide bonds. The molecule has 126 valence electrons. The second-order valence-electron chi connectivity index (χ2n) is 5.03. The van der Waals surface area contributed by atoms with Gasteiger partial charge in [0.1, 0.15) is 0 Å². The first-order valence-corrected chi connectivity index (χ1v) is 8.52. The van der Waals surface area contributed by atoms with E-state index < -0.39 is 21.8 Å². The Hall–Kier alpha value is -2.71. The number of benzene rings is 2. The van der Waals surface area contributed by atoms with Crippen molar-refractivity contribution < 1.29 is 18.0 Å². The van der Waals surface area contributed by atoms with Gasteiger partial charge in [0.15, 0.2) is 0 Å². The number of hydrogen-bond donors (Lipinski definition) is 3. The van der Waals surface area contributed by atoms with E-state index in [0.717, 1.165) is 5.56 Å². The van der Waals surface area contributed by atoms with Crippen LogP contribution in [0.5, 0.6) is 0 Å². The van der Waals surface area contributed by atoms with Gasteiger partial charge >= 0.3 is 0 Å². The summed E-state index contributed by atoms with van der Waals surface area (Å²) in [6.45, 7) is 0. The fraction of sp³-hybridized carbons (Fsp3) is 0.125. The molecule has 0 aliphatic heterocycles. The zero-order valence-corrected chi connectivity index (χ0v) is 13.8. The van der Waals surface area contributed by atoms with Crippen molar-refractivity contribution in [1.29, 1.82) is 0 Å². The molecule has 0 heterocycles. The summed E-state index contributed by atoms with van der Waals surface area (Å²) in [5, 5.41) is 2.67. The first-order chi connectivity index (χ1) is 11.3. The van der Waals surface area contributed by atoms with Gasteiger partial charge in [0.05, 0.1) is 11.3 Å². The summed E-state index contributed by atoms with van der Waals surface area (Å²) in [5.41, 5.74) is 6.59. The van der Waals surface area contributed by atoms with E-state index in [-0.39, 0.29) is 16.9 Å². The van der Waals surface area contributed by atoms with E-state index in [4.69, 9.17) is 5.73 Å². The summed E-state index contributed by atoms with van der Waals surface area (Å²) in [6.07, 6.45) is 0.123. The van der Waals surface area contributed by atoms with Crippen molar-refractivity contribution in [3.8, 4) is 0 Å². The molecule has 8 heteroatoms. The molecule has 0 bridgehead atoms. The third-order valence-corrected chi connectivity index (χ3v) is 4.68. The topological polar surface area (TPSA) is 118 Å². The van der Waals surface area contributed by atoms with Crippen molar-refractivity contribution >= 4 is 27.5 Å². The fourth-order valence-corrected chi connectivity index (χ4v) is 2.81. The van der Waals surface area contributed by atoms with Crippen LogP contribution in [-0.2, 0) is 21.2 Å². The lowest BCUT2D eigenvalue weighted by atomic mass is 10.1. The van der Waals surface area contributed by atoms with E-state index in [0.29, 0.717) is 5.69 Å². The van der Waals surface area contributed by atoms with Gasteiger partial charge in [0.2, 0.25) is 15.9 Å². The molecule has 0 atom stereocenters. The second kappa shape index (κ2) is 7.24. The summed E-state index contributed by atoms with van der Waals surface area (Å²) in [6, 6.07) is 12.4. The SMILES string of the molecule is CNS(=O)(=O)c1cccc(C(=O)Nc2ccc(CC(N)=O)cc2)c1. The van der Waals surface area contributed by atoms with Crippen molar-refractivity contribution in [2.24, 2.45) is 5.73 Å². The maximum atomic E-state index is 12.2. The molecule has 2 aromatic carbocycles. The number of hydrogen-bond acceptors (Lipinski definition) is 4. The van der Waals surface area contributed by atoms with Crippen LogP contribution < -0.4 is 15.8 Å². The van der Waals surface area contributed by atoms with E-state index in [1.807, 2.05) is 0 Å². The number of carbonyl (C=O) groups excluding carboxylic acids is 2. The van der Waals surface area contributed by atoms with Gasteiger partial charge < -0.3 is 11.1 Å². The highest BCUT2D eigenvalue weighted by Gasteiger charge is 2.14. The lowest BCUT2D eigenvalue weighted by Gasteiger charge is -2.08. The summed E-state index contributed by atoms with van der Waals surface area (Å²) >= 11 is 0. The number of carbonyl (C=O) groups is 2. The van der Waals surface area contributed by atoms with E-state index in [1.54, 1.807) is 24.3 Å².